The molecule has 1 aliphatic heterocycles. The van der Waals surface area contributed by atoms with Crippen molar-refractivity contribution >= 4 is 23.3 Å². The minimum Gasteiger partial charge on any atom is -0.465 e. The van der Waals surface area contributed by atoms with Crippen LogP contribution in [0.25, 0.3) is 5.69 Å². The van der Waals surface area contributed by atoms with Crippen LogP contribution in [-0.2, 0) is 9.53 Å². The van der Waals surface area contributed by atoms with Gasteiger partial charge in [-0.25, -0.2) is 0 Å². The van der Waals surface area contributed by atoms with E-state index in [0.717, 1.165) is 17.1 Å². The summed E-state index contributed by atoms with van der Waals surface area (Å²) >= 11 is 5.60. The summed E-state index contributed by atoms with van der Waals surface area (Å²) in [5, 5.41) is 3.87. The fourth-order valence-corrected chi connectivity index (χ4v) is 4.01. The van der Waals surface area contributed by atoms with Gasteiger partial charge in [0.15, 0.2) is 5.11 Å². The van der Waals surface area contributed by atoms with Crippen LogP contribution < -0.4 is 5.32 Å². The number of nitrogens with zero attached hydrogens (tertiary/aromatic N) is 3. The Hall–Kier alpha value is -3.19. The van der Waals surface area contributed by atoms with E-state index >= 15 is 0 Å². The Balaban J connectivity index is 1.77. The smallest absolute Gasteiger partial charge is 0.325 e. The number of para-hydroxylation sites is 1. The first-order valence-corrected chi connectivity index (χ1v) is 9.96. The van der Waals surface area contributed by atoms with Gasteiger partial charge in [-0.2, -0.15) is 0 Å². The molecule has 1 fully saturated rings. The lowest BCUT2D eigenvalue weighted by Crippen LogP contribution is -2.36. The highest BCUT2D eigenvalue weighted by Gasteiger charge is 2.42. The molecular formula is C22H22N4O2S. The molecule has 1 aromatic carbocycles. The maximum absolute atomic E-state index is 12.3. The first-order valence-electron chi connectivity index (χ1n) is 9.55. The van der Waals surface area contributed by atoms with Crippen LogP contribution >= 0.6 is 12.2 Å². The summed E-state index contributed by atoms with van der Waals surface area (Å²) < 4.78 is 7.30. The average Bonchev–Trinajstić information content (AvgIpc) is 3.34. The Kier molecular flexibility index (Phi) is 5.57. The molecule has 2 aromatic heterocycles. The highest BCUT2D eigenvalue weighted by Crippen LogP contribution is 2.39. The molecule has 1 aliphatic rings. The molecule has 1 saturated heterocycles. The molecule has 0 bridgehead atoms. The summed E-state index contributed by atoms with van der Waals surface area (Å²) in [7, 11) is 0. The molecule has 6 nitrogen and oxygen atoms in total. The zero-order chi connectivity index (χ0) is 20.2. The van der Waals surface area contributed by atoms with Gasteiger partial charge >= 0.3 is 5.97 Å². The minimum absolute atomic E-state index is 0.0770. The van der Waals surface area contributed by atoms with Crippen molar-refractivity contribution in [2.75, 3.05) is 13.2 Å². The summed E-state index contributed by atoms with van der Waals surface area (Å²) in [6.45, 7) is 2.21. The first kappa shape index (κ1) is 19.1. The normalized spacial score (nSPS) is 18.5. The van der Waals surface area contributed by atoms with Crippen LogP contribution in [0.4, 0.5) is 0 Å². The third-order valence-electron chi connectivity index (χ3n) is 4.92. The molecular weight excluding hydrogens is 384 g/mol. The van der Waals surface area contributed by atoms with E-state index in [-0.39, 0.29) is 24.6 Å². The van der Waals surface area contributed by atoms with E-state index in [9.17, 15) is 4.79 Å². The van der Waals surface area contributed by atoms with Gasteiger partial charge in [0.05, 0.1) is 24.4 Å². The monoisotopic (exact) mass is 406 g/mol. The third-order valence-corrected chi connectivity index (χ3v) is 5.27. The van der Waals surface area contributed by atoms with Crippen LogP contribution in [-0.4, -0.2) is 38.7 Å². The van der Waals surface area contributed by atoms with Gasteiger partial charge in [0, 0.05) is 23.8 Å². The van der Waals surface area contributed by atoms with Gasteiger partial charge in [0.2, 0.25) is 0 Å². The fourth-order valence-electron chi connectivity index (χ4n) is 3.70. The standard InChI is InChI=1S/C22H22N4O2S/c1-2-28-19(27)15-26-21(20(24-22(26)29)17-11-6-7-13-23-17)18-12-8-14-25(18)16-9-4-3-5-10-16/h3-14,20-21H,2,15H2,1H3,(H,24,29)/t20-,21+/m0/s1. The van der Waals surface area contributed by atoms with E-state index < -0.39 is 0 Å². The van der Waals surface area contributed by atoms with Crippen molar-refractivity contribution in [1.29, 1.82) is 0 Å². The lowest BCUT2D eigenvalue weighted by molar-refractivity contribution is -0.143. The number of hydrogen-bond acceptors (Lipinski definition) is 4. The number of carbonyl (C=O) groups is 1. The van der Waals surface area contributed by atoms with Gasteiger partial charge in [-0.15, -0.1) is 0 Å². The number of nitrogens with one attached hydrogen (secondary N) is 1. The van der Waals surface area contributed by atoms with Crippen molar-refractivity contribution in [2.45, 2.75) is 19.0 Å². The Morgan fingerprint density at radius 3 is 2.66 bits per heavy atom. The number of pyridine rings is 1. The second-order valence-electron chi connectivity index (χ2n) is 6.70. The Morgan fingerprint density at radius 1 is 1.14 bits per heavy atom. The Morgan fingerprint density at radius 2 is 1.93 bits per heavy atom. The molecule has 0 spiro atoms. The minimum atomic E-state index is -0.305. The highest BCUT2D eigenvalue weighted by atomic mass is 32.1. The van der Waals surface area contributed by atoms with Gasteiger partial charge in [-0.05, 0) is 55.5 Å². The van der Waals surface area contributed by atoms with Crippen LogP contribution in [0, 0.1) is 0 Å². The first-order chi connectivity index (χ1) is 14.2. The number of esters is 1. The molecule has 0 aliphatic carbocycles. The number of hydrogen-bond donors (Lipinski definition) is 1. The average molecular weight is 407 g/mol. The largest absolute Gasteiger partial charge is 0.465 e. The second-order valence-corrected chi connectivity index (χ2v) is 7.08. The van der Waals surface area contributed by atoms with Crippen molar-refractivity contribution in [3.05, 3.63) is 84.4 Å². The Bertz CT molecular complexity index is 990. The van der Waals surface area contributed by atoms with Gasteiger partial charge in [0.25, 0.3) is 0 Å². The van der Waals surface area contributed by atoms with Gasteiger partial charge in [-0.1, -0.05) is 24.3 Å². The molecule has 4 rings (SSSR count). The number of carbonyl (C=O) groups excluding carboxylic acids is 1. The lowest BCUT2D eigenvalue weighted by atomic mass is 10.0. The van der Waals surface area contributed by atoms with E-state index in [1.54, 1.807) is 13.1 Å². The molecule has 0 radical (unpaired) electrons. The zero-order valence-electron chi connectivity index (χ0n) is 16.1. The van der Waals surface area contributed by atoms with Crippen LogP contribution in [0.2, 0.25) is 0 Å². The molecule has 3 heterocycles. The molecule has 0 amide bonds. The van der Waals surface area contributed by atoms with Crippen molar-refractivity contribution in [1.82, 2.24) is 19.8 Å². The van der Waals surface area contributed by atoms with Crippen molar-refractivity contribution in [2.24, 2.45) is 0 Å². The van der Waals surface area contributed by atoms with E-state index in [1.807, 2.05) is 53.6 Å². The van der Waals surface area contributed by atoms with E-state index in [0.29, 0.717) is 11.7 Å². The second kappa shape index (κ2) is 8.45. The summed E-state index contributed by atoms with van der Waals surface area (Å²) in [5.41, 5.74) is 2.93. The van der Waals surface area contributed by atoms with Crippen LogP contribution in [0.5, 0.6) is 0 Å². The fraction of sp³-hybridized carbons (Fsp3) is 0.227. The number of rotatable bonds is 6. The quantitative estimate of drug-likeness (QED) is 0.500. The molecule has 0 saturated carbocycles. The summed E-state index contributed by atoms with van der Waals surface area (Å²) in [6.07, 6.45) is 3.78. The molecule has 29 heavy (non-hydrogen) atoms. The van der Waals surface area contributed by atoms with E-state index in [1.165, 1.54) is 0 Å². The predicted octanol–water partition coefficient (Wildman–Crippen LogP) is 3.41. The molecule has 148 valence electrons. The maximum atomic E-state index is 12.3. The van der Waals surface area contributed by atoms with Crippen LogP contribution in [0.3, 0.4) is 0 Å². The van der Waals surface area contributed by atoms with Gasteiger partial charge in [0.1, 0.15) is 6.54 Å². The van der Waals surface area contributed by atoms with Crippen molar-refractivity contribution in [3.8, 4) is 5.69 Å². The predicted molar refractivity (Wildman–Crippen MR) is 115 cm³/mol. The summed E-state index contributed by atoms with van der Waals surface area (Å²) in [6, 6.07) is 19.6. The zero-order valence-corrected chi connectivity index (χ0v) is 16.9. The number of aromatic nitrogens is 2. The number of ether oxygens (including phenoxy) is 1. The lowest BCUT2D eigenvalue weighted by Gasteiger charge is -2.28. The molecule has 7 heteroatoms. The number of thiocarbonyl (C=S) groups is 1. The van der Waals surface area contributed by atoms with E-state index in [4.69, 9.17) is 17.0 Å². The van der Waals surface area contributed by atoms with Gasteiger partial charge in [-0.3, -0.25) is 9.78 Å². The van der Waals surface area contributed by atoms with Crippen molar-refractivity contribution in [3.63, 3.8) is 0 Å². The molecule has 1 N–H and O–H groups in total. The maximum Gasteiger partial charge on any atom is 0.325 e. The summed E-state index contributed by atoms with van der Waals surface area (Å²) in [4.78, 5) is 18.7. The van der Waals surface area contributed by atoms with Crippen LogP contribution in [0.1, 0.15) is 30.4 Å². The molecule has 2 atom stereocenters. The summed E-state index contributed by atoms with van der Waals surface area (Å²) in [5.74, 6) is -0.305. The van der Waals surface area contributed by atoms with E-state index in [2.05, 4.69) is 33.1 Å². The van der Waals surface area contributed by atoms with Gasteiger partial charge < -0.3 is 19.5 Å². The topological polar surface area (TPSA) is 59.4 Å². The SMILES string of the molecule is CCOC(=O)CN1C(=S)N[C@@H](c2ccccn2)[C@H]1c1cccn1-c1ccccc1. The van der Waals surface area contributed by atoms with Crippen molar-refractivity contribution < 1.29 is 9.53 Å². The number of benzene rings is 1. The third kappa shape index (κ3) is 3.86. The van der Waals surface area contributed by atoms with Crippen LogP contribution in [0.15, 0.2) is 73.1 Å². The Labute approximate surface area is 175 Å². The molecule has 3 aromatic rings. The molecule has 0 unspecified atom stereocenters. The highest BCUT2D eigenvalue weighted by molar-refractivity contribution is 7.80.